The molecule has 20 heavy (non-hydrogen) atoms. The Morgan fingerprint density at radius 3 is 2.80 bits per heavy atom. The number of rotatable bonds is 6. The minimum absolute atomic E-state index is 0.0513. The lowest BCUT2D eigenvalue weighted by atomic mass is 9.93. The number of hydrogen-bond acceptors (Lipinski definition) is 3. The van der Waals surface area contributed by atoms with E-state index >= 15 is 0 Å². The summed E-state index contributed by atoms with van der Waals surface area (Å²) < 4.78 is 28.5. The number of halogens is 2. The highest BCUT2D eigenvalue weighted by Gasteiger charge is 2.32. The molecule has 2 N–H and O–H groups in total. The molecule has 0 aliphatic carbocycles. The van der Waals surface area contributed by atoms with Crippen molar-refractivity contribution in [1.82, 2.24) is 15.1 Å². The fourth-order valence-electron chi connectivity index (χ4n) is 2.10. The van der Waals surface area contributed by atoms with Crippen molar-refractivity contribution in [1.29, 1.82) is 0 Å². The van der Waals surface area contributed by atoms with Gasteiger partial charge in [-0.15, -0.1) is 0 Å². The maximum absolute atomic E-state index is 13.9. The average molecular weight is 281 g/mol. The van der Waals surface area contributed by atoms with E-state index < -0.39 is 17.2 Å². The molecule has 0 saturated carbocycles. The lowest BCUT2D eigenvalue weighted by Gasteiger charge is -2.29. The molecule has 1 aromatic carbocycles. The smallest absolute Gasteiger partial charge is 0.132 e. The van der Waals surface area contributed by atoms with Crippen LogP contribution in [0.25, 0.3) is 0 Å². The van der Waals surface area contributed by atoms with E-state index in [4.69, 9.17) is 0 Å². The maximum Gasteiger partial charge on any atom is 0.132 e. The van der Waals surface area contributed by atoms with Gasteiger partial charge in [0.2, 0.25) is 0 Å². The summed E-state index contributed by atoms with van der Waals surface area (Å²) >= 11 is 0. The van der Waals surface area contributed by atoms with Crippen LogP contribution in [-0.4, -0.2) is 28.0 Å². The Labute approximate surface area is 116 Å². The van der Waals surface area contributed by atoms with Crippen LogP contribution in [0, 0.1) is 11.6 Å². The molecule has 0 aliphatic heterocycles. The second-order valence-corrected chi connectivity index (χ2v) is 4.64. The summed E-state index contributed by atoms with van der Waals surface area (Å²) in [6.07, 6.45) is 3.26. The number of nitrogens with one attached hydrogen (secondary N) is 1. The third kappa shape index (κ3) is 3.20. The molecule has 1 unspecified atom stereocenters. The first-order valence-corrected chi connectivity index (χ1v) is 6.41. The van der Waals surface area contributed by atoms with Crippen molar-refractivity contribution in [2.24, 2.45) is 0 Å². The topological polar surface area (TPSA) is 50.1 Å². The average Bonchev–Trinajstić information content (AvgIpc) is 2.88. The molecule has 0 radical (unpaired) electrons. The van der Waals surface area contributed by atoms with Gasteiger partial charge >= 0.3 is 0 Å². The minimum atomic E-state index is -1.50. The first kappa shape index (κ1) is 14.6. The summed E-state index contributed by atoms with van der Waals surface area (Å²) in [5.74, 6) is -1.44. The molecule has 0 saturated heterocycles. The van der Waals surface area contributed by atoms with Gasteiger partial charge < -0.3 is 10.4 Å². The second-order valence-electron chi connectivity index (χ2n) is 4.64. The first-order valence-electron chi connectivity index (χ1n) is 6.41. The number of nitrogens with zero attached hydrogens (tertiary/aromatic N) is 2. The van der Waals surface area contributed by atoms with Gasteiger partial charge in [0.1, 0.15) is 17.2 Å². The predicted molar refractivity (Wildman–Crippen MR) is 71.0 cm³/mol. The monoisotopic (exact) mass is 281 g/mol. The molecule has 0 bridgehead atoms. The molecule has 6 heteroatoms. The Morgan fingerprint density at radius 2 is 2.20 bits per heavy atom. The van der Waals surface area contributed by atoms with Crippen LogP contribution in [0.4, 0.5) is 8.78 Å². The van der Waals surface area contributed by atoms with Crippen LogP contribution >= 0.6 is 0 Å². The first-order chi connectivity index (χ1) is 9.55. The molecular weight excluding hydrogens is 264 g/mol. The molecule has 0 amide bonds. The van der Waals surface area contributed by atoms with Crippen LogP contribution in [0.15, 0.2) is 36.7 Å². The van der Waals surface area contributed by atoms with Crippen LogP contribution in [0.5, 0.6) is 0 Å². The standard InChI is InChI=1S/C14H17F2N3O/c1-2-17-9-14(20,10-19-7-3-6-18-19)12-5-4-11(15)8-13(12)16/h3-8,17,20H,2,9-10H2,1H3. The lowest BCUT2D eigenvalue weighted by Crippen LogP contribution is -2.42. The van der Waals surface area contributed by atoms with E-state index in [0.717, 1.165) is 12.1 Å². The van der Waals surface area contributed by atoms with Gasteiger partial charge in [-0.1, -0.05) is 13.0 Å². The van der Waals surface area contributed by atoms with Crippen molar-refractivity contribution in [3.05, 3.63) is 53.9 Å². The van der Waals surface area contributed by atoms with Crippen molar-refractivity contribution >= 4 is 0 Å². The largest absolute Gasteiger partial charge is 0.382 e. The van der Waals surface area contributed by atoms with E-state index in [0.29, 0.717) is 6.54 Å². The molecule has 0 fully saturated rings. The van der Waals surface area contributed by atoms with E-state index in [-0.39, 0.29) is 18.7 Å². The summed E-state index contributed by atoms with van der Waals surface area (Å²) in [5.41, 5.74) is -1.45. The van der Waals surface area contributed by atoms with Crippen LogP contribution in [0.3, 0.4) is 0 Å². The third-order valence-corrected chi connectivity index (χ3v) is 3.08. The van der Waals surface area contributed by atoms with E-state index in [2.05, 4.69) is 10.4 Å². The molecule has 1 aromatic heterocycles. The van der Waals surface area contributed by atoms with Crippen molar-refractivity contribution in [3.8, 4) is 0 Å². The molecule has 0 spiro atoms. The number of likely N-dealkylation sites (N-methyl/N-ethyl adjacent to an activating group) is 1. The minimum Gasteiger partial charge on any atom is -0.382 e. The SMILES string of the molecule is CCNCC(O)(Cn1cccn1)c1ccc(F)cc1F. The summed E-state index contributed by atoms with van der Waals surface area (Å²) in [6.45, 7) is 2.74. The quantitative estimate of drug-likeness (QED) is 0.846. The number of benzene rings is 1. The van der Waals surface area contributed by atoms with Crippen LogP contribution in [-0.2, 0) is 12.1 Å². The van der Waals surface area contributed by atoms with E-state index in [1.54, 1.807) is 18.5 Å². The van der Waals surface area contributed by atoms with E-state index in [1.807, 2.05) is 6.92 Å². The van der Waals surface area contributed by atoms with Crippen molar-refractivity contribution in [2.75, 3.05) is 13.1 Å². The molecule has 1 atom stereocenters. The molecule has 108 valence electrons. The molecule has 1 heterocycles. The van der Waals surface area contributed by atoms with Crippen LogP contribution in [0.1, 0.15) is 12.5 Å². The van der Waals surface area contributed by atoms with Gasteiger partial charge in [0, 0.05) is 30.6 Å². The van der Waals surface area contributed by atoms with Gasteiger partial charge in [0.15, 0.2) is 0 Å². The Kier molecular flexibility index (Phi) is 4.46. The Bertz CT molecular complexity index is 560. The van der Waals surface area contributed by atoms with Crippen molar-refractivity contribution < 1.29 is 13.9 Å². The third-order valence-electron chi connectivity index (χ3n) is 3.08. The van der Waals surface area contributed by atoms with Gasteiger partial charge in [0.05, 0.1) is 6.54 Å². The zero-order valence-electron chi connectivity index (χ0n) is 11.2. The highest BCUT2D eigenvalue weighted by Crippen LogP contribution is 2.26. The summed E-state index contributed by atoms with van der Waals surface area (Å²) in [7, 11) is 0. The fourth-order valence-corrected chi connectivity index (χ4v) is 2.10. The molecule has 4 nitrogen and oxygen atoms in total. The number of aliphatic hydroxyl groups is 1. The van der Waals surface area contributed by atoms with Crippen LogP contribution in [0.2, 0.25) is 0 Å². The Balaban J connectivity index is 2.34. The van der Waals surface area contributed by atoms with Gasteiger partial charge in [0.25, 0.3) is 0 Å². The fraction of sp³-hybridized carbons (Fsp3) is 0.357. The predicted octanol–water partition coefficient (Wildman–Crippen LogP) is 1.66. The highest BCUT2D eigenvalue weighted by molar-refractivity contribution is 5.25. The molecule has 2 rings (SSSR count). The van der Waals surface area contributed by atoms with E-state index in [1.165, 1.54) is 10.7 Å². The molecular formula is C14H17F2N3O. The Hall–Kier alpha value is -1.79. The lowest BCUT2D eigenvalue weighted by molar-refractivity contribution is 0.0126. The van der Waals surface area contributed by atoms with Gasteiger partial charge in [-0.05, 0) is 18.7 Å². The van der Waals surface area contributed by atoms with Crippen molar-refractivity contribution in [2.45, 2.75) is 19.1 Å². The van der Waals surface area contributed by atoms with Crippen molar-refractivity contribution in [3.63, 3.8) is 0 Å². The maximum atomic E-state index is 13.9. The number of hydrogen-bond donors (Lipinski definition) is 2. The zero-order valence-corrected chi connectivity index (χ0v) is 11.2. The molecule has 0 aliphatic rings. The summed E-state index contributed by atoms with van der Waals surface area (Å²) in [4.78, 5) is 0. The zero-order chi connectivity index (χ0) is 14.6. The van der Waals surface area contributed by atoms with Gasteiger partial charge in [-0.25, -0.2) is 8.78 Å². The van der Waals surface area contributed by atoms with Gasteiger partial charge in [-0.3, -0.25) is 4.68 Å². The second kappa shape index (κ2) is 6.11. The van der Waals surface area contributed by atoms with Crippen LogP contribution < -0.4 is 5.32 Å². The summed E-state index contributed by atoms with van der Waals surface area (Å²) in [5, 5.41) is 17.8. The van der Waals surface area contributed by atoms with E-state index in [9.17, 15) is 13.9 Å². The number of aromatic nitrogens is 2. The van der Waals surface area contributed by atoms with Gasteiger partial charge in [-0.2, -0.15) is 5.10 Å². The molecule has 2 aromatic rings. The normalized spacial score (nSPS) is 14.2. The highest BCUT2D eigenvalue weighted by atomic mass is 19.1. The Morgan fingerprint density at radius 1 is 1.40 bits per heavy atom. The summed E-state index contributed by atoms with van der Waals surface area (Å²) in [6, 6.07) is 4.90.